The Balaban J connectivity index is 0.00000157. The fourth-order valence-electron chi connectivity index (χ4n) is 3.51. The predicted octanol–water partition coefficient (Wildman–Crippen LogP) is 5.96. The van der Waals surface area contributed by atoms with Crippen LogP contribution in [0.15, 0.2) is 66.9 Å². The van der Waals surface area contributed by atoms with E-state index in [9.17, 15) is 0 Å². The molecule has 0 radical (unpaired) electrons. The van der Waals surface area contributed by atoms with Crippen molar-refractivity contribution >= 4 is 45.4 Å². The van der Waals surface area contributed by atoms with Gasteiger partial charge in [0.25, 0.3) is 0 Å². The van der Waals surface area contributed by atoms with Crippen LogP contribution in [0.4, 0.5) is 0 Å². The second-order valence-corrected chi connectivity index (χ2v) is 7.57. The van der Waals surface area contributed by atoms with Crippen LogP contribution in [0.1, 0.15) is 22.2 Å². The lowest BCUT2D eigenvalue weighted by atomic mass is 10.1. The van der Waals surface area contributed by atoms with E-state index in [1.165, 1.54) is 26.2 Å². The molecule has 5 rings (SSSR count). The Bertz CT molecular complexity index is 1020. The normalized spacial score (nSPS) is 16.0. The zero-order valence-electron chi connectivity index (χ0n) is 13.3. The maximum Gasteiger partial charge on any atom is 0.0831 e. The predicted molar refractivity (Wildman–Crippen MR) is 109 cm³/mol. The van der Waals surface area contributed by atoms with Crippen molar-refractivity contribution in [3.63, 3.8) is 0 Å². The number of halogens is 2. The average molecular weight is 387 g/mol. The molecule has 126 valence electrons. The maximum absolute atomic E-state index is 6.51. The Morgan fingerprint density at radius 3 is 2.80 bits per heavy atom. The molecule has 0 saturated heterocycles. The quantitative estimate of drug-likeness (QED) is 0.426. The highest BCUT2D eigenvalue weighted by Crippen LogP contribution is 2.37. The number of fused-ring (bicyclic) bond motifs is 4. The number of benzene rings is 2. The summed E-state index contributed by atoms with van der Waals surface area (Å²) in [6.45, 7) is 0.802. The molecular weight excluding hydrogens is 371 g/mol. The van der Waals surface area contributed by atoms with E-state index in [-0.39, 0.29) is 18.4 Å². The van der Waals surface area contributed by atoms with Gasteiger partial charge >= 0.3 is 0 Å². The summed E-state index contributed by atoms with van der Waals surface area (Å²) in [4.78, 5) is 1.33. The maximum atomic E-state index is 6.51. The summed E-state index contributed by atoms with van der Waals surface area (Å²) in [6, 6.07) is 21.4. The van der Waals surface area contributed by atoms with Gasteiger partial charge in [-0.3, -0.25) is 0 Å². The highest BCUT2D eigenvalue weighted by Gasteiger charge is 2.25. The first kappa shape index (κ1) is 16.7. The molecule has 0 amide bonds. The van der Waals surface area contributed by atoms with Crippen molar-refractivity contribution in [1.82, 2.24) is 9.88 Å². The Kier molecular flexibility index (Phi) is 4.34. The van der Waals surface area contributed by atoms with Crippen molar-refractivity contribution < 1.29 is 0 Å². The monoisotopic (exact) mass is 386 g/mol. The number of para-hydroxylation sites is 1. The highest BCUT2D eigenvalue weighted by atomic mass is 35.5. The van der Waals surface area contributed by atoms with Gasteiger partial charge < -0.3 is 9.88 Å². The molecular formula is C20H16Cl2N2S. The van der Waals surface area contributed by atoms with Crippen molar-refractivity contribution in [1.29, 1.82) is 0 Å². The number of thiophene rings is 1. The van der Waals surface area contributed by atoms with Gasteiger partial charge in [0, 0.05) is 28.0 Å². The van der Waals surface area contributed by atoms with Crippen LogP contribution in [0.2, 0.25) is 5.02 Å². The number of nitrogens with one attached hydrogen (secondary N) is 1. The number of hydrogen-bond acceptors (Lipinski definition) is 2. The Hall–Kier alpha value is -1.78. The molecule has 3 heterocycles. The van der Waals surface area contributed by atoms with E-state index in [0.717, 1.165) is 17.3 Å². The molecule has 4 aromatic rings. The smallest absolute Gasteiger partial charge is 0.0831 e. The molecule has 1 atom stereocenters. The molecule has 25 heavy (non-hydrogen) atoms. The molecule has 0 bridgehead atoms. The first-order valence-electron chi connectivity index (χ1n) is 7.98. The summed E-state index contributed by atoms with van der Waals surface area (Å²) in [5.41, 5.74) is 3.55. The molecule has 2 aromatic carbocycles. The molecule has 0 aliphatic carbocycles. The lowest BCUT2D eigenvalue weighted by Gasteiger charge is -2.16. The lowest BCUT2D eigenvalue weighted by Crippen LogP contribution is -2.20. The fourth-order valence-corrected chi connectivity index (χ4v) is 4.95. The number of aromatic nitrogens is 1. The molecule has 1 N–H and O–H groups in total. The van der Waals surface area contributed by atoms with Crippen molar-refractivity contribution in [2.75, 3.05) is 0 Å². The van der Waals surface area contributed by atoms with Gasteiger partial charge in [0.05, 0.1) is 16.8 Å². The topological polar surface area (TPSA) is 17.0 Å². The standard InChI is InChI=1S/C20H15ClN2S.ClH/c21-15-7-3-6-14-12-22-19(16-8-4-10-23(16)20(14)15)18-11-13-5-1-2-9-17(13)24-18;/h1-11,19,22H,12H2;1H. The van der Waals surface area contributed by atoms with Crippen molar-refractivity contribution in [2.24, 2.45) is 0 Å². The van der Waals surface area contributed by atoms with Crippen LogP contribution in [0.5, 0.6) is 0 Å². The molecule has 5 heteroatoms. The van der Waals surface area contributed by atoms with E-state index < -0.39 is 0 Å². The van der Waals surface area contributed by atoms with Crippen LogP contribution < -0.4 is 5.32 Å². The van der Waals surface area contributed by atoms with Crippen LogP contribution in [0.3, 0.4) is 0 Å². The third-order valence-electron chi connectivity index (χ3n) is 4.61. The second kappa shape index (κ2) is 6.50. The van der Waals surface area contributed by atoms with Crippen molar-refractivity contribution in [2.45, 2.75) is 12.6 Å². The number of rotatable bonds is 1. The summed E-state index contributed by atoms with van der Waals surface area (Å²) in [5.74, 6) is 0. The van der Waals surface area contributed by atoms with E-state index >= 15 is 0 Å². The summed E-state index contributed by atoms with van der Waals surface area (Å²) < 4.78 is 3.55. The van der Waals surface area contributed by atoms with Crippen LogP contribution in [0, 0.1) is 0 Å². The first-order chi connectivity index (χ1) is 11.8. The van der Waals surface area contributed by atoms with Crippen LogP contribution in [-0.2, 0) is 6.54 Å². The van der Waals surface area contributed by atoms with E-state index in [2.05, 4.69) is 64.6 Å². The fraction of sp³-hybridized carbons (Fsp3) is 0.100. The van der Waals surface area contributed by atoms with Gasteiger partial charge in [-0.1, -0.05) is 41.9 Å². The zero-order valence-corrected chi connectivity index (χ0v) is 15.7. The number of hydrogen-bond donors (Lipinski definition) is 1. The highest BCUT2D eigenvalue weighted by molar-refractivity contribution is 7.19. The largest absolute Gasteiger partial charge is 0.317 e. The summed E-state index contributed by atoms with van der Waals surface area (Å²) in [6.07, 6.45) is 2.10. The van der Waals surface area contributed by atoms with Gasteiger partial charge in [0.2, 0.25) is 0 Å². The minimum Gasteiger partial charge on any atom is -0.317 e. The SMILES string of the molecule is Cl.Clc1cccc2c1-n1cccc1C(c1cc3ccccc3s1)NC2. The van der Waals surface area contributed by atoms with Crippen molar-refractivity contribution in [3.8, 4) is 5.69 Å². The summed E-state index contributed by atoms with van der Waals surface area (Å²) in [5, 5.41) is 5.81. The third-order valence-corrected chi connectivity index (χ3v) is 6.10. The molecule has 0 fully saturated rings. The average Bonchev–Trinajstić information content (AvgIpc) is 3.19. The lowest BCUT2D eigenvalue weighted by molar-refractivity contribution is 0.609. The molecule has 1 unspecified atom stereocenters. The van der Waals surface area contributed by atoms with Gasteiger partial charge in [-0.05, 0) is 41.3 Å². The summed E-state index contributed by atoms with van der Waals surface area (Å²) >= 11 is 8.37. The first-order valence-corrected chi connectivity index (χ1v) is 9.17. The van der Waals surface area contributed by atoms with Gasteiger partial charge in [-0.2, -0.15) is 0 Å². The van der Waals surface area contributed by atoms with E-state index in [4.69, 9.17) is 11.6 Å². The molecule has 1 aliphatic heterocycles. The Labute approximate surface area is 161 Å². The minimum atomic E-state index is 0. The third kappa shape index (κ3) is 2.68. The number of nitrogens with zero attached hydrogens (tertiary/aromatic N) is 1. The Morgan fingerprint density at radius 1 is 1.04 bits per heavy atom. The van der Waals surface area contributed by atoms with Gasteiger partial charge in [-0.25, -0.2) is 0 Å². The second-order valence-electron chi connectivity index (χ2n) is 6.05. The van der Waals surface area contributed by atoms with E-state index in [1.807, 2.05) is 23.5 Å². The molecule has 2 nitrogen and oxygen atoms in total. The van der Waals surface area contributed by atoms with Crippen LogP contribution in [0.25, 0.3) is 15.8 Å². The van der Waals surface area contributed by atoms with E-state index in [0.29, 0.717) is 0 Å². The molecule has 0 spiro atoms. The molecule has 1 aliphatic rings. The van der Waals surface area contributed by atoms with Crippen molar-refractivity contribution in [3.05, 3.63) is 88.0 Å². The van der Waals surface area contributed by atoms with Gasteiger partial charge in [0.1, 0.15) is 0 Å². The minimum absolute atomic E-state index is 0. The molecule has 2 aromatic heterocycles. The molecule has 0 saturated carbocycles. The van der Waals surface area contributed by atoms with E-state index in [1.54, 1.807) is 0 Å². The zero-order chi connectivity index (χ0) is 16.1. The Morgan fingerprint density at radius 2 is 1.92 bits per heavy atom. The van der Waals surface area contributed by atoms with Gasteiger partial charge in [0.15, 0.2) is 0 Å². The van der Waals surface area contributed by atoms with Crippen LogP contribution in [-0.4, -0.2) is 4.57 Å². The van der Waals surface area contributed by atoms with Gasteiger partial charge in [-0.15, -0.1) is 23.7 Å². The summed E-state index contributed by atoms with van der Waals surface area (Å²) in [7, 11) is 0. The van der Waals surface area contributed by atoms with Crippen LogP contribution >= 0.6 is 35.3 Å².